The average molecular weight is 453 g/mol. The number of benzene rings is 3. The number of ether oxygens (including phenoxy) is 2. The smallest absolute Gasteiger partial charge is 0.265 e. The second kappa shape index (κ2) is 9.19. The van der Waals surface area contributed by atoms with Crippen molar-refractivity contribution in [3.8, 4) is 11.5 Å². The number of rotatable bonds is 7. The van der Waals surface area contributed by atoms with E-state index in [0.29, 0.717) is 24.1 Å². The van der Waals surface area contributed by atoms with Crippen molar-refractivity contribution in [2.45, 2.75) is 13.5 Å². The highest BCUT2D eigenvalue weighted by atomic mass is 16.5. The van der Waals surface area contributed by atoms with Gasteiger partial charge in [0.05, 0.1) is 18.8 Å². The number of aryl methyl sites for hydroxylation is 2. The van der Waals surface area contributed by atoms with Crippen LogP contribution in [-0.2, 0) is 13.7 Å². The van der Waals surface area contributed by atoms with Crippen molar-refractivity contribution in [2.75, 3.05) is 12.5 Å². The van der Waals surface area contributed by atoms with Crippen LogP contribution in [0, 0.1) is 6.92 Å². The van der Waals surface area contributed by atoms with Crippen LogP contribution < -0.4 is 14.9 Å². The van der Waals surface area contributed by atoms with Crippen molar-refractivity contribution < 1.29 is 9.47 Å². The monoisotopic (exact) mass is 452 g/mol. The molecule has 170 valence electrons. The van der Waals surface area contributed by atoms with Crippen LogP contribution in [0.5, 0.6) is 11.5 Å². The summed E-state index contributed by atoms with van der Waals surface area (Å²) in [5.74, 6) is 1.62. The number of hydrazone groups is 1. The Balaban J connectivity index is 1.30. The van der Waals surface area contributed by atoms with Gasteiger partial charge in [-0.3, -0.25) is 0 Å². The molecule has 34 heavy (non-hydrogen) atoms. The van der Waals surface area contributed by atoms with E-state index in [4.69, 9.17) is 9.47 Å². The Hall–Kier alpha value is -4.46. The number of anilines is 1. The molecule has 5 aromatic rings. The summed E-state index contributed by atoms with van der Waals surface area (Å²) < 4.78 is 13.5. The molecule has 0 bridgehead atoms. The summed E-state index contributed by atoms with van der Waals surface area (Å²) in [6.07, 6.45) is 1.67. The second-order valence-electron chi connectivity index (χ2n) is 7.88. The highest BCUT2D eigenvalue weighted by Crippen LogP contribution is 2.29. The highest BCUT2D eigenvalue weighted by Gasteiger charge is 2.12. The molecule has 0 atom stereocenters. The predicted molar refractivity (Wildman–Crippen MR) is 134 cm³/mol. The predicted octanol–water partition coefficient (Wildman–Crippen LogP) is 4.86. The van der Waals surface area contributed by atoms with E-state index in [0.717, 1.165) is 33.2 Å². The first kappa shape index (κ1) is 21.4. The van der Waals surface area contributed by atoms with Gasteiger partial charge in [0.2, 0.25) is 0 Å². The minimum absolute atomic E-state index is 0.319. The number of aromatic nitrogens is 4. The summed E-state index contributed by atoms with van der Waals surface area (Å²) >= 11 is 0. The van der Waals surface area contributed by atoms with Crippen molar-refractivity contribution in [2.24, 2.45) is 12.1 Å². The lowest BCUT2D eigenvalue weighted by atomic mass is 10.1. The summed E-state index contributed by atoms with van der Waals surface area (Å²) in [5.41, 5.74) is 8.58. The quantitative estimate of drug-likeness (QED) is 0.280. The zero-order valence-corrected chi connectivity index (χ0v) is 19.2. The molecule has 0 aliphatic rings. The first-order chi connectivity index (χ1) is 16.6. The molecule has 8 nitrogen and oxygen atoms in total. The molecule has 5 rings (SSSR count). The number of para-hydroxylation sites is 1. The van der Waals surface area contributed by atoms with Crippen molar-refractivity contribution >= 4 is 34.2 Å². The normalized spacial score (nSPS) is 11.4. The van der Waals surface area contributed by atoms with Crippen LogP contribution in [0.15, 0.2) is 71.8 Å². The number of hydrogen-bond acceptors (Lipinski definition) is 7. The van der Waals surface area contributed by atoms with E-state index in [1.165, 1.54) is 5.56 Å². The standard InChI is InChI=1S/C26H24N6O2/c1-17-8-4-5-9-19(17)16-34-22-13-12-18(14-23(22)33-3)15-27-30-26-28-25-24(29-31-26)20-10-6-7-11-21(20)32(25)2/h4-15H,16H2,1-3H3,(H,28,30,31)/b27-15+. The maximum absolute atomic E-state index is 5.99. The SMILES string of the molecule is COc1cc(/C=N/Nc2nnc3c4ccccc4n(C)c3n2)ccc1OCc1ccccc1C. The molecule has 2 heterocycles. The van der Waals surface area contributed by atoms with E-state index in [9.17, 15) is 0 Å². The number of nitrogens with zero attached hydrogens (tertiary/aromatic N) is 5. The van der Waals surface area contributed by atoms with Gasteiger partial charge in [-0.1, -0.05) is 42.5 Å². The third-order valence-electron chi connectivity index (χ3n) is 5.72. The van der Waals surface area contributed by atoms with E-state index < -0.39 is 0 Å². The van der Waals surface area contributed by atoms with E-state index in [1.807, 2.05) is 66.2 Å². The number of methoxy groups -OCH3 is 1. The number of hydrogen-bond donors (Lipinski definition) is 1. The Morgan fingerprint density at radius 3 is 2.68 bits per heavy atom. The fourth-order valence-corrected chi connectivity index (χ4v) is 3.83. The molecule has 3 aromatic carbocycles. The summed E-state index contributed by atoms with van der Waals surface area (Å²) in [7, 11) is 3.58. The van der Waals surface area contributed by atoms with E-state index in [-0.39, 0.29) is 0 Å². The lowest BCUT2D eigenvalue weighted by Gasteiger charge is -2.12. The third kappa shape index (κ3) is 4.13. The van der Waals surface area contributed by atoms with Gasteiger partial charge in [0.1, 0.15) is 12.1 Å². The zero-order valence-electron chi connectivity index (χ0n) is 19.2. The van der Waals surface area contributed by atoms with Crippen LogP contribution in [-0.4, -0.2) is 33.1 Å². The van der Waals surface area contributed by atoms with Crippen LogP contribution in [0.25, 0.3) is 22.1 Å². The molecule has 0 radical (unpaired) electrons. The molecular weight excluding hydrogens is 428 g/mol. The maximum atomic E-state index is 5.99. The van der Waals surface area contributed by atoms with Crippen molar-refractivity contribution in [1.29, 1.82) is 0 Å². The third-order valence-corrected chi connectivity index (χ3v) is 5.72. The largest absolute Gasteiger partial charge is 0.493 e. The first-order valence-corrected chi connectivity index (χ1v) is 10.9. The van der Waals surface area contributed by atoms with E-state index in [2.05, 4.69) is 44.8 Å². The minimum Gasteiger partial charge on any atom is -0.493 e. The van der Waals surface area contributed by atoms with Gasteiger partial charge in [-0.05, 0) is 47.9 Å². The second-order valence-corrected chi connectivity index (χ2v) is 7.88. The van der Waals surface area contributed by atoms with Gasteiger partial charge in [0.25, 0.3) is 5.95 Å². The lowest BCUT2D eigenvalue weighted by molar-refractivity contribution is 0.284. The van der Waals surface area contributed by atoms with Crippen molar-refractivity contribution in [3.05, 3.63) is 83.4 Å². The molecule has 1 N–H and O–H groups in total. The van der Waals surface area contributed by atoms with Crippen molar-refractivity contribution in [3.63, 3.8) is 0 Å². The van der Waals surface area contributed by atoms with Crippen LogP contribution in [0.2, 0.25) is 0 Å². The molecule has 0 aliphatic carbocycles. The molecule has 0 spiro atoms. The lowest BCUT2D eigenvalue weighted by Crippen LogP contribution is -2.01. The summed E-state index contributed by atoms with van der Waals surface area (Å²) in [6.45, 7) is 2.54. The number of nitrogens with one attached hydrogen (secondary N) is 1. The maximum Gasteiger partial charge on any atom is 0.265 e. The van der Waals surface area contributed by atoms with Gasteiger partial charge in [0, 0.05) is 12.4 Å². The molecule has 8 heteroatoms. The van der Waals surface area contributed by atoms with Crippen LogP contribution in [0.1, 0.15) is 16.7 Å². The summed E-state index contributed by atoms with van der Waals surface area (Å²) in [5, 5.41) is 13.8. The molecule has 0 saturated heterocycles. The van der Waals surface area contributed by atoms with Gasteiger partial charge >= 0.3 is 0 Å². The Kier molecular flexibility index (Phi) is 5.78. The number of fused-ring (bicyclic) bond motifs is 3. The minimum atomic E-state index is 0.319. The Morgan fingerprint density at radius 1 is 1.00 bits per heavy atom. The molecule has 0 unspecified atom stereocenters. The van der Waals surface area contributed by atoms with Crippen LogP contribution >= 0.6 is 0 Å². The Bertz CT molecular complexity index is 1510. The van der Waals surface area contributed by atoms with Gasteiger partial charge in [-0.2, -0.15) is 10.1 Å². The fourth-order valence-electron chi connectivity index (χ4n) is 3.83. The molecule has 0 saturated carbocycles. The van der Waals surface area contributed by atoms with Gasteiger partial charge < -0.3 is 14.0 Å². The van der Waals surface area contributed by atoms with E-state index >= 15 is 0 Å². The fraction of sp³-hybridized carbons (Fsp3) is 0.154. The van der Waals surface area contributed by atoms with E-state index in [1.54, 1.807) is 13.3 Å². The Labute approximate surface area is 196 Å². The topological polar surface area (TPSA) is 86.5 Å². The van der Waals surface area contributed by atoms with Gasteiger partial charge in [-0.15, -0.1) is 10.2 Å². The van der Waals surface area contributed by atoms with Crippen molar-refractivity contribution in [1.82, 2.24) is 19.7 Å². The van der Waals surface area contributed by atoms with Gasteiger partial charge in [-0.25, -0.2) is 5.43 Å². The van der Waals surface area contributed by atoms with Crippen LogP contribution in [0.3, 0.4) is 0 Å². The van der Waals surface area contributed by atoms with Gasteiger partial charge in [0.15, 0.2) is 17.1 Å². The zero-order chi connectivity index (χ0) is 23.5. The van der Waals surface area contributed by atoms with Crippen LogP contribution in [0.4, 0.5) is 5.95 Å². The Morgan fingerprint density at radius 2 is 1.82 bits per heavy atom. The molecule has 0 aliphatic heterocycles. The molecule has 2 aromatic heterocycles. The average Bonchev–Trinajstić information content (AvgIpc) is 3.15. The highest BCUT2D eigenvalue weighted by molar-refractivity contribution is 6.04. The summed E-state index contributed by atoms with van der Waals surface area (Å²) in [4.78, 5) is 4.57. The molecular formula is C26H24N6O2. The molecule has 0 amide bonds. The summed E-state index contributed by atoms with van der Waals surface area (Å²) in [6, 6.07) is 21.8. The first-order valence-electron chi connectivity index (χ1n) is 10.9. The molecule has 0 fully saturated rings.